The highest BCUT2D eigenvalue weighted by molar-refractivity contribution is 7.67. The van der Waals surface area contributed by atoms with Gasteiger partial charge in [-0.3, -0.25) is 4.57 Å². The van der Waals surface area contributed by atoms with Gasteiger partial charge in [0.1, 0.15) is 0 Å². The summed E-state index contributed by atoms with van der Waals surface area (Å²) < 4.78 is 18.3. The van der Waals surface area contributed by atoms with Crippen LogP contribution in [0.1, 0.15) is 13.8 Å². The predicted molar refractivity (Wildman–Crippen MR) is 73.4 cm³/mol. The van der Waals surface area contributed by atoms with E-state index in [1.54, 1.807) is 0 Å². The highest BCUT2D eigenvalue weighted by Gasteiger charge is 2.24. The van der Waals surface area contributed by atoms with Gasteiger partial charge in [-0.15, -0.1) is 0 Å². The minimum Gasteiger partial charge on any atom is -0.326 e. The van der Waals surface area contributed by atoms with Crippen molar-refractivity contribution in [2.45, 2.75) is 13.8 Å². The van der Waals surface area contributed by atoms with Crippen molar-refractivity contribution in [2.24, 2.45) is 0 Å². The van der Waals surface area contributed by atoms with Gasteiger partial charge in [0, 0.05) is 11.5 Å². The highest BCUT2D eigenvalue weighted by atomic mass is 31.2. The zero-order valence-corrected chi connectivity index (χ0v) is 11.1. The molecule has 0 amide bonds. The summed E-state index contributed by atoms with van der Waals surface area (Å²) in [7, 11) is -2.70. The fourth-order valence-electron chi connectivity index (χ4n) is 2.05. The summed E-state index contributed by atoms with van der Waals surface area (Å²) in [5, 5.41) is 2.99. The molecule has 90 valence electrons. The van der Waals surface area contributed by atoms with Crippen LogP contribution >= 0.6 is 7.37 Å². The molecule has 0 saturated carbocycles. The van der Waals surface area contributed by atoms with E-state index in [0.29, 0.717) is 12.8 Å². The molecule has 0 saturated heterocycles. The molecular weight excluding hydrogens is 231 g/mol. The van der Waals surface area contributed by atoms with E-state index in [-0.39, 0.29) is 0 Å². The maximum absolute atomic E-state index is 12.8. The first-order chi connectivity index (χ1) is 8.21. The lowest BCUT2D eigenvalue weighted by molar-refractivity contribution is 0.341. The second-order valence-corrected chi connectivity index (χ2v) is 6.63. The molecule has 2 aromatic rings. The lowest BCUT2D eigenvalue weighted by Gasteiger charge is -2.18. The molecule has 0 bridgehead atoms. The second-order valence-electron chi connectivity index (χ2n) is 3.91. The van der Waals surface area contributed by atoms with E-state index in [0.717, 1.165) is 16.1 Å². The highest BCUT2D eigenvalue weighted by Crippen LogP contribution is 2.46. The van der Waals surface area contributed by atoms with Gasteiger partial charge in [0.15, 0.2) is 0 Å². The van der Waals surface area contributed by atoms with Gasteiger partial charge in [0.25, 0.3) is 0 Å². The van der Waals surface area contributed by atoms with E-state index in [4.69, 9.17) is 4.52 Å². The zero-order valence-electron chi connectivity index (χ0n) is 10.2. The van der Waals surface area contributed by atoms with Crippen molar-refractivity contribution in [3.8, 4) is 0 Å². The third-order valence-electron chi connectivity index (χ3n) is 2.89. The molecule has 0 radical (unpaired) electrons. The first-order valence-electron chi connectivity index (χ1n) is 5.93. The Morgan fingerprint density at radius 2 is 1.76 bits per heavy atom. The molecule has 0 heterocycles. The van der Waals surface area contributed by atoms with Gasteiger partial charge < -0.3 is 4.52 Å². The molecule has 2 nitrogen and oxygen atoms in total. The molecule has 2 aromatic carbocycles. The Morgan fingerprint density at radius 3 is 2.47 bits per heavy atom. The summed E-state index contributed by atoms with van der Waals surface area (Å²) in [5.41, 5.74) is 0. The van der Waals surface area contributed by atoms with Crippen molar-refractivity contribution in [1.29, 1.82) is 0 Å². The molecule has 1 unspecified atom stereocenters. The molecule has 3 heteroatoms. The van der Waals surface area contributed by atoms with Crippen molar-refractivity contribution in [3.05, 3.63) is 42.5 Å². The average molecular weight is 248 g/mol. The summed E-state index contributed by atoms with van der Waals surface area (Å²) in [6.45, 7) is 4.28. The van der Waals surface area contributed by atoms with Crippen molar-refractivity contribution in [3.63, 3.8) is 0 Å². The second kappa shape index (κ2) is 5.03. The number of benzene rings is 2. The van der Waals surface area contributed by atoms with E-state index in [9.17, 15) is 4.57 Å². The van der Waals surface area contributed by atoms with Crippen LogP contribution in [-0.2, 0) is 9.09 Å². The maximum Gasteiger partial charge on any atom is 0.232 e. The quantitative estimate of drug-likeness (QED) is 0.769. The first-order valence-corrected chi connectivity index (χ1v) is 7.74. The van der Waals surface area contributed by atoms with Crippen molar-refractivity contribution >= 4 is 23.4 Å². The van der Waals surface area contributed by atoms with E-state index in [1.165, 1.54) is 0 Å². The molecule has 0 aliphatic carbocycles. The number of hydrogen-bond acceptors (Lipinski definition) is 2. The minimum absolute atomic E-state index is 0.480. The van der Waals surface area contributed by atoms with Crippen LogP contribution in [0.2, 0.25) is 0 Å². The Labute approximate surface area is 102 Å². The Kier molecular flexibility index (Phi) is 3.66. The molecule has 0 aliphatic heterocycles. The number of rotatable bonds is 4. The van der Waals surface area contributed by atoms with Crippen LogP contribution in [0.15, 0.2) is 42.5 Å². The van der Waals surface area contributed by atoms with Gasteiger partial charge in [-0.05, 0) is 23.8 Å². The van der Waals surface area contributed by atoms with Crippen LogP contribution < -0.4 is 5.30 Å². The van der Waals surface area contributed by atoms with Crippen LogP contribution in [0, 0.1) is 0 Å². The van der Waals surface area contributed by atoms with E-state index >= 15 is 0 Å². The molecular formula is C14H17O2P. The Balaban J connectivity index is 2.65. The number of fused-ring (bicyclic) bond motifs is 1. The normalized spacial score (nSPS) is 14.7. The minimum atomic E-state index is -2.70. The van der Waals surface area contributed by atoms with Gasteiger partial charge in [0.05, 0.1) is 6.61 Å². The number of hydrogen-bond donors (Lipinski definition) is 0. The standard InChI is InChI=1S/C14H17O2P/c1-3-16-17(15,4-2)14-11-7-9-12-8-5-6-10-13(12)14/h5-11H,3-4H2,1-2H3. The molecule has 0 N–H and O–H groups in total. The molecule has 0 aromatic heterocycles. The lowest BCUT2D eigenvalue weighted by atomic mass is 10.1. The molecule has 2 rings (SSSR count). The van der Waals surface area contributed by atoms with E-state index < -0.39 is 7.37 Å². The summed E-state index contributed by atoms with van der Waals surface area (Å²) in [6, 6.07) is 13.9. The van der Waals surface area contributed by atoms with Gasteiger partial charge >= 0.3 is 0 Å². The third kappa shape index (κ3) is 2.29. The van der Waals surface area contributed by atoms with Gasteiger partial charge in [0.2, 0.25) is 7.37 Å². The van der Waals surface area contributed by atoms with Crippen LogP contribution in [0.5, 0.6) is 0 Å². The largest absolute Gasteiger partial charge is 0.326 e. The maximum atomic E-state index is 12.8. The molecule has 17 heavy (non-hydrogen) atoms. The van der Waals surface area contributed by atoms with Gasteiger partial charge in [-0.2, -0.15) is 0 Å². The monoisotopic (exact) mass is 248 g/mol. The van der Waals surface area contributed by atoms with Gasteiger partial charge in [-0.25, -0.2) is 0 Å². The SMILES string of the molecule is CCOP(=O)(CC)c1cccc2ccccc12. The molecule has 0 spiro atoms. The van der Waals surface area contributed by atoms with Crippen molar-refractivity contribution in [2.75, 3.05) is 12.8 Å². The zero-order chi connectivity index (χ0) is 12.3. The Hall–Kier alpha value is -1.11. The summed E-state index contributed by atoms with van der Waals surface area (Å²) in [5.74, 6) is 0. The van der Waals surface area contributed by atoms with E-state index in [1.807, 2.05) is 56.3 Å². The smallest absolute Gasteiger partial charge is 0.232 e. The average Bonchev–Trinajstić information content (AvgIpc) is 2.38. The fraction of sp³-hybridized carbons (Fsp3) is 0.286. The Morgan fingerprint density at radius 1 is 1.06 bits per heavy atom. The van der Waals surface area contributed by atoms with Crippen molar-refractivity contribution < 1.29 is 9.09 Å². The molecule has 0 aliphatic rings. The van der Waals surface area contributed by atoms with Crippen molar-refractivity contribution in [1.82, 2.24) is 0 Å². The lowest BCUT2D eigenvalue weighted by Crippen LogP contribution is -2.10. The molecule has 1 atom stereocenters. The molecule has 0 fully saturated rings. The van der Waals surface area contributed by atoms with Crippen LogP contribution in [0.25, 0.3) is 10.8 Å². The van der Waals surface area contributed by atoms with Crippen LogP contribution in [0.4, 0.5) is 0 Å². The Bertz CT molecular complexity index is 558. The van der Waals surface area contributed by atoms with Crippen LogP contribution in [0.3, 0.4) is 0 Å². The summed E-state index contributed by atoms with van der Waals surface area (Å²) in [4.78, 5) is 0. The summed E-state index contributed by atoms with van der Waals surface area (Å²) >= 11 is 0. The summed E-state index contributed by atoms with van der Waals surface area (Å²) in [6.07, 6.45) is 0.537. The topological polar surface area (TPSA) is 26.3 Å². The van der Waals surface area contributed by atoms with Crippen LogP contribution in [-0.4, -0.2) is 12.8 Å². The predicted octanol–water partition coefficient (Wildman–Crippen LogP) is 3.80. The fourth-order valence-corrected chi connectivity index (χ4v) is 4.01. The first kappa shape index (κ1) is 12.3. The third-order valence-corrected chi connectivity index (χ3v) is 5.52. The van der Waals surface area contributed by atoms with E-state index in [2.05, 4.69) is 0 Å². The van der Waals surface area contributed by atoms with Gasteiger partial charge in [-0.1, -0.05) is 43.3 Å².